The molecule has 2 heterocycles. The van der Waals surface area contributed by atoms with Crippen molar-refractivity contribution in [2.75, 3.05) is 0 Å². The average molecular weight is 418 g/mol. The molecule has 0 saturated carbocycles. The zero-order valence-electron chi connectivity index (χ0n) is 18.3. The van der Waals surface area contributed by atoms with E-state index >= 15 is 0 Å². The predicted molar refractivity (Wildman–Crippen MR) is 133 cm³/mol. The molecular weight excluding hydrogens is 390 g/mol. The molecule has 158 valence electrons. The highest BCUT2D eigenvalue weighted by molar-refractivity contribution is 5.98. The summed E-state index contributed by atoms with van der Waals surface area (Å²) in [7, 11) is 0. The molecule has 0 spiro atoms. The number of nitrogens with one attached hydrogen (secondary N) is 2. The van der Waals surface area contributed by atoms with E-state index in [4.69, 9.17) is 0 Å². The van der Waals surface area contributed by atoms with Gasteiger partial charge in [-0.25, -0.2) is 0 Å². The van der Waals surface area contributed by atoms with Crippen LogP contribution in [-0.2, 0) is 6.42 Å². The van der Waals surface area contributed by atoms with Crippen molar-refractivity contribution in [3.63, 3.8) is 0 Å². The topological polar surface area (TPSA) is 40.7 Å². The summed E-state index contributed by atoms with van der Waals surface area (Å²) in [6.45, 7) is 2.26. The van der Waals surface area contributed by atoms with Crippen LogP contribution in [0.1, 0.15) is 48.7 Å². The van der Waals surface area contributed by atoms with Gasteiger partial charge in [0.05, 0.1) is 5.52 Å². The standard InChI is InChI=1S/C29H27N3/c1-19(20-8-3-2-4-9-20)31-28-14-6-11-24-25-18-21(15-16-27(25)32-29(24)28)22-10-5-13-26-23(22)12-7-17-30-26/h2-5,7-10,12-13,15-19,28,31-32H,6,11,14H2,1H3. The Morgan fingerprint density at radius 2 is 1.84 bits per heavy atom. The summed E-state index contributed by atoms with van der Waals surface area (Å²) in [4.78, 5) is 8.30. The monoisotopic (exact) mass is 417 g/mol. The Hall–Kier alpha value is -3.43. The molecule has 0 fully saturated rings. The van der Waals surface area contributed by atoms with Gasteiger partial charge in [0.1, 0.15) is 0 Å². The molecule has 0 radical (unpaired) electrons. The maximum atomic E-state index is 4.54. The van der Waals surface area contributed by atoms with Crippen molar-refractivity contribution >= 4 is 21.8 Å². The van der Waals surface area contributed by atoms with Crippen molar-refractivity contribution in [3.8, 4) is 11.1 Å². The van der Waals surface area contributed by atoms with Crippen LogP contribution in [0.4, 0.5) is 0 Å². The van der Waals surface area contributed by atoms with E-state index in [9.17, 15) is 0 Å². The van der Waals surface area contributed by atoms with Crippen LogP contribution in [0.15, 0.2) is 85.1 Å². The summed E-state index contributed by atoms with van der Waals surface area (Å²) in [6, 6.07) is 28.8. The van der Waals surface area contributed by atoms with Gasteiger partial charge in [-0.2, -0.15) is 0 Å². The fourth-order valence-corrected chi connectivity index (χ4v) is 5.29. The first-order valence-corrected chi connectivity index (χ1v) is 11.6. The molecule has 3 nitrogen and oxygen atoms in total. The minimum absolute atomic E-state index is 0.317. The quantitative estimate of drug-likeness (QED) is 0.327. The van der Waals surface area contributed by atoms with Gasteiger partial charge >= 0.3 is 0 Å². The molecule has 2 N–H and O–H groups in total. The number of aromatic nitrogens is 2. The molecule has 32 heavy (non-hydrogen) atoms. The number of H-pyrrole nitrogens is 1. The van der Waals surface area contributed by atoms with E-state index in [1.165, 1.54) is 57.1 Å². The molecule has 0 amide bonds. The lowest BCUT2D eigenvalue weighted by atomic mass is 9.90. The van der Waals surface area contributed by atoms with Crippen molar-refractivity contribution in [3.05, 3.63) is 102 Å². The summed E-state index contributed by atoms with van der Waals surface area (Å²) in [6.07, 6.45) is 5.37. The van der Waals surface area contributed by atoms with Crippen LogP contribution in [0.3, 0.4) is 0 Å². The summed E-state index contributed by atoms with van der Waals surface area (Å²) in [5.41, 5.74) is 8.96. The molecule has 3 aromatic carbocycles. The van der Waals surface area contributed by atoms with Gasteiger partial charge in [0.15, 0.2) is 0 Å². The van der Waals surface area contributed by atoms with Gasteiger partial charge in [0.25, 0.3) is 0 Å². The van der Waals surface area contributed by atoms with Gasteiger partial charge in [0, 0.05) is 40.3 Å². The first-order valence-electron chi connectivity index (χ1n) is 11.6. The van der Waals surface area contributed by atoms with Gasteiger partial charge < -0.3 is 10.3 Å². The number of aryl methyl sites for hydroxylation is 1. The number of aromatic amines is 1. The molecule has 1 aliphatic rings. The third-order valence-electron chi connectivity index (χ3n) is 6.91. The second kappa shape index (κ2) is 7.92. The zero-order valence-corrected chi connectivity index (χ0v) is 18.3. The van der Waals surface area contributed by atoms with Crippen LogP contribution >= 0.6 is 0 Å². The van der Waals surface area contributed by atoms with Crippen LogP contribution < -0.4 is 5.32 Å². The Kier molecular flexibility index (Phi) is 4.77. The fraction of sp³-hybridized carbons (Fsp3) is 0.207. The van der Waals surface area contributed by atoms with Crippen LogP contribution in [0.5, 0.6) is 0 Å². The lowest BCUT2D eigenvalue weighted by molar-refractivity contribution is 0.410. The number of hydrogen-bond acceptors (Lipinski definition) is 2. The predicted octanol–water partition coefficient (Wildman–Crippen LogP) is 7.11. The smallest absolute Gasteiger partial charge is 0.0708 e. The van der Waals surface area contributed by atoms with Crippen LogP contribution in [0.25, 0.3) is 32.9 Å². The van der Waals surface area contributed by atoms with Crippen LogP contribution in [0, 0.1) is 0 Å². The number of nitrogens with zero attached hydrogens (tertiary/aromatic N) is 1. The summed E-state index contributed by atoms with van der Waals surface area (Å²) in [5.74, 6) is 0. The van der Waals surface area contributed by atoms with E-state index in [0.717, 1.165) is 11.9 Å². The maximum absolute atomic E-state index is 4.54. The van der Waals surface area contributed by atoms with E-state index in [-0.39, 0.29) is 0 Å². The Morgan fingerprint density at radius 1 is 0.938 bits per heavy atom. The number of pyridine rings is 1. The minimum Gasteiger partial charge on any atom is -0.357 e. The molecule has 5 aromatic rings. The van der Waals surface area contributed by atoms with E-state index < -0.39 is 0 Å². The van der Waals surface area contributed by atoms with Gasteiger partial charge in [-0.1, -0.05) is 54.6 Å². The number of hydrogen-bond donors (Lipinski definition) is 2. The highest BCUT2D eigenvalue weighted by atomic mass is 15.0. The second-order valence-electron chi connectivity index (χ2n) is 8.90. The van der Waals surface area contributed by atoms with Gasteiger partial charge in [-0.05, 0) is 72.7 Å². The molecule has 0 aliphatic heterocycles. The molecule has 3 heteroatoms. The Bertz CT molecular complexity index is 1400. The van der Waals surface area contributed by atoms with Gasteiger partial charge in [-0.15, -0.1) is 0 Å². The van der Waals surface area contributed by atoms with E-state index in [2.05, 4.69) is 95.0 Å². The van der Waals surface area contributed by atoms with Crippen molar-refractivity contribution in [1.29, 1.82) is 0 Å². The first kappa shape index (κ1) is 19.3. The van der Waals surface area contributed by atoms with Crippen molar-refractivity contribution in [2.45, 2.75) is 38.3 Å². The van der Waals surface area contributed by atoms with Gasteiger partial charge in [-0.3, -0.25) is 4.98 Å². The summed E-state index contributed by atoms with van der Waals surface area (Å²) in [5, 5.41) is 6.45. The Balaban J connectivity index is 1.39. The summed E-state index contributed by atoms with van der Waals surface area (Å²) < 4.78 is 0. The highest BCUT2D eigenvalue weighted by Crippen LogP contribution is 2.38. The lowest BCUT2D eigenvalue weighted by Gasteiger charge is -2.27. The number of rotatable bonds is 4. The molecule has 6 rings (SSSR count). The zero-order chi connectivity index (χ0) is 21.5. The second-order valence-corrected chi connectivity index (χ2v) is 8.90. The largest absolute Gasteiger partial charge is 0.357 e. The van der Waals surface area contributed by atoms with Gasteiger partial charge in [0.2, 0.25) is 0 Å². The van der Waals surface area contributed by atoms with Crippen molar-refractivity contribution < 1.29 is 0 Å². The SMILES string of the molecule is CC(NC1CCCc2c1[nH]c1ccc(-c3cccc4ncccc34)cc21)c1ccccc1. The molecule has 2 atom stereocenters. The summed E-state index contributed by atoms with van der Waals surface area (Å²) >= 11 is 0. The van der Waals surface area contributed by atoms with E-state index in [1.807, 2.05) is 12.3 Å². The third-order valence-corrected chi connectivity index (χ3v) is 6.91. The van der Waals surface area contributed by atoms with Crippen molar-refractivity contribution in [1.82, 2.24) is 15.3 Å². The lowest BCUT2D eigenvalue weighted by Crippen LogP contribution is -2.27. The Labute approximate surface area is 188 Å². The van der Waals surface area contributed by atoms with E-state index in [0.29, 0.717) is 12.1 Å². The first-order chi connectivity index (χ1) is 15.8. The van der Waals surface area contributed by atoms with Crippen LogP contribution in [-0.4, -0.2) is 9.97 Å². The molecule has 0 bridgehead atoms. The number of fused-ring (bicyclic) bond motifs is 4. The molecule has 2 unspecified atom stereocenters. The average Bonchev–Trinajstić information content (AvgIpc) is 3.23. The normalized spacial score (nSPS) is 16.8. The minimum atomic E-state index is 0.317. The molecular formula is C29H27N3. The van der Waals surface area contributed by atoms with Crippen LogP contribution in [0.2, 0.25) is 0 Å². The third kappa shape index (κ3) is 3.30. The molecule has 1 aliphatic carbocycles. The molecule has 2 aromatic heterocycles. The molecule has 0 saturated heterocycles. The maximum Gasteiger partial charge on any atom is 0.0708 e. The highest BCUT2D eigenvalue weighted by Gasteiger charge is 2.25. The Morgan fingerprint density at radius 3 is 2.75 bits per heavy atom. The number of benzene rings is 3. The van der Waals surface area contributed by atoms with Crippen molar-refractivity contribution in [2.24, 2.45) is 0 Å². The fourth-order valence-electron chi connectivity index (χ4n) is 5.29. The van der Waals surface area contributed by atoms with E-state index in [1.54, 1.807) is 0 Å².